The van der Waals surface area contributed by atoms with Gasteiger partial charge in [-0.15, -0.1) is 0 Å². The van der Waals surface area contributed by atoms with E-state index in [0.29, 0.717) is 10.8 Å². The van der Waals surface area contributed by atoms with E-state index in [0.717, 1.165) is 30.6 Å². The van der Waals surface area contributed by atoms with Crippen LogP contribution >= 0.6 is 0 Å². The minimum atomic E-state index is -0.940. The highest BCUT2D eigenvalue weighted by Gasteiger charge is 2.43. The molecule has 2 fully saturated rings. The Labute approximate surface area is 117 Å². The summed E-state index contributed by atoms with van der Waals surface area (Å²) >= 11 is 0. The highest BCUT2D eigenvalue weighted by molar-refractivity contribution is 6.44. The lowest BCUT2D eigenvalue weighted by molar-refractivity contribution is -0.143. The Morgan fingerprint density at radius 1 is 1.20 bits per heavy atom. The average molecular weight is 281 g/mol. The lowest BCUT2D eigenvalue weighted by Gasteiger charge is -2.29. The summed E-state index contributed by atoms with van der Waals surface area (Å²) in [6.07, 6.45) is 4.20. The number of imide groups is 2. The van der Waals surface area contributed by atoms with Crippen molar-refractivity contribution in [1.29, 1.82) is 0 Å². The largest absolute Gasteiger partial charge is 0.352 e. The second kappa shape index (κ2) is 5.60. The van der Waals surface area contributed by atoms with Crippen molar-refractivity contribution in [3.63, 3.8) is 0 Å². The summed E-state index contributed by atoms with van der Waals surface area (Å²) in [6.45, 7) is 1.69. The molecule has 1 aliphatic heterocycles. The Morgan fingerprint density at radius 2 is 1.85 bits per heavy atom. The molecule has 2 aliphatic rings. The quantitative estimate of drug-likeness (QED) is 0.587. The molecule has 7 heteroatoms. The van der Waals surface area contributed by atoms with Crippen LogP contribution in [0.2, 0.25) is 0 Å². The topological polar surface area (TPSA) is 86.8 Å². The van der Waals surface area contributed by atoms with Crippen LogP contribution in [0.4, 0.5) is 4.79 Å². The van der Waals surface area contributed by atoms with Crippen molar-refractivity contribution in [2.24, 2.45) is 5.92 Å². The van der Waals surface area contributed by atoms with Gasteiger partial charge in [-0.05, 0) is 18.8 Å². The summed E-state index contributed by atoms with van der Waals surface area (Å²) in [5.41, 5.74) is 0. The molecular weight excluding hydrogens is 262 g/mol. The van der Waals surface area contributed by atoms with Gasteiger partial charge in [0, 0.05) is 13.1 Å². The van der Waals surface area contributed by atoms with E-state index in [2.05, 4.69) is 12.2 Å². The van der Waals surface area contributed by atoms with E-state index in [1.54, 1.807) is 0 Å². The van der Waals surface area contributed by atoms with Crippen molar-refractivity contribution in [2.75, 3.05) is 13.6 Å². The summed E-state index contributed by atoms with van der Waals surface area (Å²) in [6, 6.07) is -0.663. The van der Waals surface area contributed by atoms with Crippen molar-refractivity contribution in [3.8, 4) is 0 Å². The van der Waals surface area contributed by atoms with Crippen LogP contribution in [0.25, 0.3) is 0 Å². The van der Waals surface area contributed by atoms with Crippen LogP contribution in [0.5, 0.6) is 0 Å². The van der Waals surface area contributed by atoms with Gasteiger partial charge in [0.1, 0.15) is 6.54 Å². The standard InChI is InChI=1S/C13H19N3O4/c1-8-5-3-4-6-9(8)14-10(17)7-16-12(19)11(18)15(2)13(16)20/h8-9H,3-7H2,1-2H3,(H,14,17)/t8-,9-/m0/s1. The summed E-state index contributed by atoms with van der Waals surface area (Å²) in [5.74, 6) is -1.84. The third-order valence-electron chi connectivity index (χ3n) is 4.01. The molecule has 1 heterocycles. The highest BCUT2D eigenvalue weighted by Crippen LogP contribution is 2.23. The molecule has 0 radical (unpaired) electrons. The first-order valence-corrected chi connectivity index (χ1v) is 6.84. The average Bonchev–Trinajstić information content (AvgIpc) is 2.59. The number of urea groups is 1. The fourth-order valence-electron chi connectivity index (χ4n) is 2.68. The number of hydrogen-bond donors (Lipinski definition) is 1. The maximum Gasteiger partial charge on any atom is 0.334 e. The number of likely N-dealkylation sites (N-methyl/N-ethyl adjacent to an activating group) is 1. The Morgan fingerprint density at radius 3 is 2.40 bits per heavy atom. The molecule has 5 amide bonds. The second-order valence-electron chi connectivity index (χ2n) is 5.47. The number of amides is 5. The first-order valence-electron chi connectivity index (χ1n) is 6.84. The van der Waals surface area contributed by atoms with E-state index in [4.69, 9.17) is 0 Å². The van der Waals surface area contributed by atoms with Crippen LogP contribution < -0.4 is 5.32 Å². The van der Waals surface area contributed by atoms with Crippen LogP contribution in [0, 0.1) is 5.92 Å². The Hall–Kier alpha value is -1.92. The number of rotatable bonds is 3. The fraction of sp³-hybridized carbons (Fsp3) is 0.692. The molecule has 2 atom stereocenters. The Bertz CT molecular complexity index is 463. The molecular formula is C13H19N3O4. The lowest BCUT2D eigenvalue weighted by atomic mass is 9.86. The van der Waals surface area contributed by atoms with Gasteiger partial charge in [-0.1, -0.05) is 19.8 Å². The summed E-state index contributed by atoms with van der Waals surface area (Å²) in [4.78, 5) is 47.9. The van der Waals surface area contributed by atoms with Crippen molar-refractivity contribution >= 4 is 23.8 Å². The van der Waals surface area contributed by atoms with E-state index in [1.807, 2.05) is 0 Å². The van der Waals surface area contributed by atoms with E-state index in [1.165, 1.54) is 7.05 Å². The SMILES string of the molecule is C[C@H]1CCCC[C@@H]1NC(=O)CN1C(=O)C(=O)N(C)C1=O. The van der Waals surface area contributed by atoms with Crippen LogP contribution in [-0.2, 0) is 14.4 Å². The highest BCUT2D eigenvalue weighted by atomic mass is 16.2. The monoisotopic (exact) mass is 281 g/mol. The van der Waals surface area contributed by atoms with Gasteiger partial charge in [-0.3, -0.25) is 19.3 Å². The Balaban J connectivity index is 1.93. The van der Waals surface area contributed by atoms with Gasteiger partial charge in [0.2, 0.25) is 5.91 Å². The van der Waals surface area contributed by atoms with Crippen LogP contribution in [0.1, 0.15) is 32.6 Å². The predicted octanol–water partition coefficient (Wildman–Crippen LogP) is 0.102. The van der Waals surface area contributed by atoms with Gasteiger partial charge in [0.25, 0.3) is 0 Å². The summed E-state index contributed by atoms with van der Waals surface area (Å²) < 4.78 is 0. The summed E-state index contributed by atoms with van der Waals surface area (Å²) in [7, 11) is 1.23. The third-order valence-corrected chi connectivity index (χ3v) is 4.01. The van der Waals surface area contributed by atoms with E-state index >= 15 is 0 Å². The van der Waals surface area contributed by atoms with Crippen molar-refractivity contribution < 1.29 is 19.2 Å². The fourth-order valence-corrected chi connectivity index (χ4v) is 2.68. The number of carbonyl (C=O) groups excluding carboxylic acids is 4. The maximum atomic E-state index is 11.9. The molecule has 0 unspecified atom stereocenters. The molecule has 0 aromatic heterocycles. The van der Waals surface area contributed by atoms with Gasteiger partial charge in [0.05, 0.1) is 0 Å². The molecule has 0 bridgehead atoms. The van der Waals surface area contributed by atoms with Gasteiger partial charge in [-0.2, -0.15) is 0 Å². The van der Waals surface area contributed by atoms with Crippen molar-refractivity contribution in [1.82, 2.24) is 15.1 Å². The molecule has 0 aromatic rings. The number of nitrogens with one attached hydrogen (secondary N) is 1. The normalized spacial score (nSPS) is 27.2. The first-order chi connectivity index (χ1) is 9.41. The molecule has 1 saturated heterocycles. The lowest BCUT2D eigenvalue weighted by Crippen LogP contribution is -2.47. The molecule has 110 valence electrons. The van der Waals surface area contributed by atoms with Crippen molar-refractivity contribution in [2.45, 2.75) is 38.6 Å². The zero-order valence-corrected chi connectivity index (χ0v) is 11.7. The van der Waals surface area contributed by atoms with Gasteiger partial charge < -0.3 is 5.32 Å². The first kappa shape index (κ1) is 14.5. The summed E-state index contributed by atoms with van der Waals surface area (Å²) in [5, 5.41) is 2.85. The van der Waals surface area contributed by atoms with E-state index in [-0.39, 0.29) is 6.04 Å². The second-order valence-corrected chi connectivity index (χ2v) is 5.47. The van der Waals surface area contributed by atoms with Crippen molar-refractivity contribution in [3.05, 3.63) is 0 Å². The zero-order chi connectivity index (χ0) is 14.9. The third kappa shape index (κ3) is 2.66. The minimum Gasteiger partial charge on any atom is -0.352 e. The molecule has 7 nitrogen and oxygen atoms in total. The predicted molar refractivity (Wildman–Crippen MR) is 69.4 cm³/mol. The number of hydrogen-bond acceptors (Lipinski definition) is 4. The van der Waals surface area contributed by atoms with Crippen LogP contribution in [-0.4, -0.2) is 53.2 Å². The Kier molecular flexibility index (Phi) is 4.06. The molecule has 0 aromatic carbocycles. The van der Waals surface area contributed by atoms with Gasteiger partial charge in [-0.25, -0.2) is 9.69 Å². The molecule has 2 rings (SSSR count). The van der Waals surface area contributed by atoms with E-state index < -0.39 is 30.3 Å². The van der Waals surface area contributed by atoms with Gasteiger partial charge >= 0.3 is 17.8 Å². The molecule has 20 heavy (non-hydrogen) atoms. The van der Waals surface area contributed by atoms with Gasteiger partial charge in [0.15, 0.2) is 0 Å². The van der Waals surface area contributed by atoms with Crippen LogP contribution in [0.15, 0.2) is 0 Å². The number of nitrogens with zero attached hydrogens (tertiary/aromatic N) is 2. The van der Waals surface area contributed by atoms with E-state index in [9.17, 15) is 19.2 Å². The smallest absolute Gasteiger partial charge is 0.334 e. The molecule has 0 spiro atoms. The van der Waals surface area contributed by atoms with Crippen LogP contribution in [0.3, 0.4) is 0 Å². The molecule has 1 aliphatic carbocycles. The maximum absolute atomic E-state index is 11.9. The molecule has 1 N–H and O–H groups in total. The minimum absolute atomic E-state index is 0.0810. The number of carbonyl (C=O) groups is 4. The molecule has 1 saturated carbocycles. The zero-order valence-electron chi connectivity index (χ0n) is 11.7.